The van der Waals surface area contributed by atoms with Gasteiger partial charge in [0.2, 0.25) is 0 Å². The number of aryl methyl sites for hydroxylation is 2. The average molecular weight is 389 g/mol. The van der Waals surface area contributed by atoms with Crippen molar-refractivity contribution in [1.82, 2.24) is 0 Å². The van der Waals surface area contributed by atoms with Crippen LogP contribution in [0.25, 0.3) is 11.1 Å². The van der Waals surface area contributed by atoms with Gasteiger partial charge in [0.05, 0.1) is 11.4 Å². The van der Waals surface area contributed by atoms with Crippen LogP contribution in [-0.4, -0.2) is 12.4 Å². The first kappa shape index (κ1) is 19.5. The number of benzene rings is 4. The molecule has 0 N–H and O–H groups in total. The Balaban J connectivity index is 1.68. The molecule has 4 rings (SSSR count). The van der Waals surface area contributed by atoms with Crippen molar-refractivity contribution in [1.29, 1.82) is 0 Å². The number of nitrogens with zero attached hydrogens (tertiary/aromatic N) is 2. The highest BCUT2D eigenvalue weighted by atomic mass is 14.7. The minimum Gasteiger partial charge on any atom is -0.256 e. The molecule has 0 atom stereocenters. The SMILES string of the molecule is Cc1ccc(N=Cc2ccccc2-c2ccccc2C=Nc2ccc(C)cc2)cc1. The molecule has 0 saturated heterocycles. The maximum Gasteiger partial charge on any atom is 0.0630 e. The summed E-state index contributed by atoms with van der Waals surface area (Å²) in [6, 6.07) is 33.1. The third-order valence-corrected chi connectivity index (χ3v) is 4.99. The van der Waals surface area contributed by atoms with Crippen molar-refractivity contribution in [3.8, 4) is 11.1 Å². The van der Waals surface area contributed by atoms with Gasteiger partial charge in [-0.25, -0.2) is 0 Å². The Labute approximate surface area is 178 Å². The van der Waals surface area contributed by atoms with Crippen LogP contribution in [0.3, 0.4) is 0 Å². The zero-order valence-electron chi connectivity index (χ0n) is 17.3. The number of rotatable bonds is 5. The lowest BCUT2D eigenvalue weighted by atomic mass is 9.96. The number of aliphatic imine (C=N–C) groups is 2. The van der Waals surface area contributed by atoms with Crippen molar-refractivity contribution in [2.24, 2.45) is 9.98 Å². The van der Waals surface area contributed by atoms with Gasteiger partial charge in [-0.1, -0.05) is 83.9 Å². The van der Waals surface area contributed by atoms with E-state index in [1.165, 1.54) is 11.1 Å². The molecular formula is C28H24N2. The molecule has 0 fully saturated rings. The quantitative estimate of drug-likeness (QED) is 0.317. The Morgan fingerprint density at radius 1 is 0.467 bits per heavy atom. The molecule has 4 aromatic rings. The van der Waals surface area contributed by atoms with Gasteiger partial charge in [0.1, 0.15) is 0 Å². The van der Waals surface area contributed by atoms with E-state index in [-0.39, 0.29) is 0 Å². The first-order valence-electron chi connectivity index (χ1n) is 10.1. The molecule has 0 bridgehead atoms. The summed E-state index contributed by atoms with van der Waals surface area (Å²) < 4.78 is 0. The van der Waals surface area contributed by atoms with Crippen LogP contribution in [0, 0.1) is 13.8 Å². The van der Waals surface area contributed by atoms with Crippen molar-refractivity contribution < 1.29 is 0 Å². The van der Waals surface area contributed by atoms with E-state index in [0.717, 1.165) is 33.6 Å². The molecule has 146 valence electrons. The maximum atomic E-state index is 4.68. The van der Waals surface area contributed by atoms with Gasteiger partial charge in [-0.3, -0.25) is 9.98 Å². The topological polar surface area (TPSA) is 24.7 Å². The van der Waals surface area contributed by atoms with Gasteiger partial charge in [0, 0.05) is 23.6 Å². The van der Waals surface area contributed by atoms with E-state index < -0.39 is 0 Å². The Bertz CT molecular complexity index is 1090. The monoisotopic (exact) mass is 388 g/mol. The summed E-state index contributed by atoms with van der Waals surface area (Å²) in [6.45, 7) is 4.16. The van der Waals surface area contributed by atoms with Crippen LogP contribution in [0.1, 0.15) is 22.3 Å². The highest BCUT2D eigenvalue weighted by molar-refractivity contribution is 5.98. The van der Waals surface area contributed by atoms with Crippen molar-refractivity contribution >= 4 is 23.8 Å². The second kappa shape index (κ2) is 9.15. The van der Waals surface area contributed by atoms with E-state index in [1.54, 1.807) is 0 Å². The van der Waals surface area contributed by atoms with Crippen LogP contribution < -0.4 is 0 Å². The second-order valence-corrected chi connectivity index (χ2v) is 7.36. The fourth-order valence-corrected chi connectivity index (χ4v) is 3.26. The largest absolute Gasteiger partial charge is 0.256 e. The summed E-state index contributed by atoms with van der Waals surface area (Å²) in [5, 5.41) is 0. The van der Waals surface area contributed by atoms with E-state index in [1.807, 2.05) is 48.8 Å². The fourth-order valence-electron chi connectivity index (χ4n) is 3.26. The van der Waals surface area contributed by atoms with Gasteiger partial charge in [-0.2, -0.15) is 0 Å². The average Bonchev–Trinajstić information content (AvgIpc) is 2.79. The van der Waals surface area contributed by atoms with Crippen LogP contribution in [0.4, 0.5) is 11.4 Å². The summed E-state index contributed by atoms with van der Waals surface area (Å²) >= 11 is 0. The molecule has 0 unspecified atom stereocenters. The molecule has 2 heteroatoms. The van der Waals surface area contributed by atoms with Gasteiger partial charge in [-0.15, -0.1) is 0 Å². The van der Waals surface area contributed by atoms with E-state index in [9.17, 15) is 0 Å². The van der Waals surface area contributed by atoms with Crippen molar-refractivity contribution in [2.75, 3.05) is 0 Å². The van der Waals surface area contributed by atoms with Crippen LogP contribution in [0.2, 0.25) is 0 Å². The summed E-state index contributed by atoms with van der Waals surface area (Å²) in [4.78, 5) is 9.35. The molecule has 0 saturated carbocycles. The van der Waals surface area contributed by atoms with E-state index in [4.69, 9.17) is 0 Å². The molecule has 4 aromatic carbocycles. The second-order valence-electron chi connectivity index (χ2n) is 7.36. The molecule has 0 amide bonds. The summed E-state index contributed by atoms with van der Waals surface area (Å²) in [6.07, 6.45) is 3.88. The van der Waals surface area contributed by atoms with E-state index in [0.29, 0.717) is 0 Å². The van der Waals surface area contributed by atoms with Crippen LogP contribution in [-0.2, 0) is 0 Å². The lowest BCUT2D eigenvalue weighted by Crippen LogP contribution is -1.92. The van der Waals surface area contributed by atoms with E-state index in [2.05, 4.69) is 84.5 Å². The number of hydrogen-bond donors (Lipinski definition) is 0. The molecule has 0 heterocycles. The minimum atomic E-state index is 0.949. The molecule has 0 aliphatic carbocycles. The zero-order valence-corrected chi connectivity index (χ0v) is 17.3. The lowest BCUT2D eigenvalue weighted by Gasteiger charge is -2.09. The van der Waals surface area contributed by atoms with Gasteiger partial charge < -0.3 is 0 Å². The predicted octanol–water partition coefficient (Wildman–Crippen LogP) is 7.47. The van der Waals surface area contributed by atoms with Crippen LogP contribution in [0.15, 0.2) is 107 Å². The summed E-state index contributed by atoms with van der Waals surface area (Å²) in [7, 11) is 0. The van der Waals surface area contributed by atoms with Crippen LogP contribution >= 0.6 is 0 Å². The van der Waals surface area contributed by atoms with Crippen molar-refractivity contribution in [2.45, 2.75) is 13.8 Å². The van der Waals surface area contributed by atoms with Crippen molar-refractivity contribution in [3.63, 3.8) is 0 Å². The van der Waals surface area contributed by atoms with E-state index >= 15 is 0 Å². The standard InChI is InChI=1S/C28H24N2/c1-21-11-15-25(16-12-21)29-19-23-7-3-5-9-27(23)28-10-6-4-8-24(28)20-30-26-17-13-22(2)14-18-26/h3-20H,1-2H3. The highest BCUT2D eigenvalue weighted by Gasteiger charge is 2.07. The summed E-state index contributed by atoms with van der Waals surface area (Å²) in [5.74, 6) is 0. The normalized spacial score (nSPS) is 11.4. The third-order valence-electron chi connectivity index (χ3n) is 4.99. The van der Waals surface area contributed by atoms with Crippen LogP contribution in [0.5, 0.6) is 0 Å². The molecule has 0 spiro atoms. The smallest absolute Gasteiger partial charge is 0.0630 e. The number of hydrogen-bond acceptors (Lipinski definition) is 2. The van der Waals surface area contributed by atoms with Crippen molar-refractivity contribution in [3.05, 3.63) is 119 Å². The fraction of sp³-hybridized carbons (Fsp3) is 0.0714. The van der Waals surface area contributed by atoms with Gasteiger partial charge >= 0.3 is 0 Å². The molecule has 0 aromatic heterocycles. The predicted molar refractivity (Wildman–Crippen MR) is 129 cm³/mol. The summed E-state index contributed by atoms with van der Waals surface area (Å²) in [5.41, 5.74) is 8.80. The maximum absolute atomic E-state index is 4.68. The van der Waals surface area contributed by atoms with Gasteiger partial charge in [0.25, 0.3) is 0 Å². The highest BCUT2D eigenvalue weighted by Crippen LogP contribution is 2.27. The zero-order chi connectivity index (χ0) is 20.8. The molecular weight excluding hydrogens is 364 g/mol. The Hall–Kier alpha value is -3.78. The molecule has 0 radical (unpaired) electrons. The Morgan fingerprint density at radius 2 is 0.833 bits per heavy atom. The van der Waals surface area contributed by atoms with Gasteiger partial charge in [-0.05, 0) is 49.2 Å². The molecule has 0 aliphatic heterocycles. The lowest BCUT2D eigenvalue weighted by molar-refractivity contribution is 1.43. The first-order chi connectivity index (χ1) is 14.7. The molecule has 30 heavy (non-hydrogen) atoms. The third kappa shape index (κ3) is 4.79. The Morgan fingerprint density at radius 3 is 1.23 bits per heavy atom. The van der Waals surface area contributed by atoms with Gasteiger partial charge in [0.15, 0.2) is 0 Å². The first-order valence-corrected chi connectivity index (χ1v) is 10.1. The molecule has 2 nitrogen and oxygen atoms in total. The Kier molecular flexibility index (Phi) is 5.95. The minimum absolute atomic E-state index is 0.949. The molecule has 0 aliphatic rings.